The molecule has 0 saturated carbocycles. The molecule has 1 atom stereocenters. The fourth-order valence-corrected chi connectivity index (χ4v) is 2.45. The molecule has 112 valence electrons. The van der Waals surface area contributed by atoms with E-state index < -0.39 is 10.0 Å². The van der Waals surface area contributed by atoms with Crippen LogP contribution in [-0.4, -0.2) is 33.2 Å². The maximum atomic E-state index is 12.0. The van der Waals surface area contributed by atoms with Gasteiger partial charge in [-0.1, -0.05) is 32.0 Å². The zero-order valence-electron chi connectivity index (χ0n) is 12.3. The number of benzene rings is 1. The predicted octanol–water partition coefficient (Wildman–Crippen LogP) is 1.61. The highest BCUT2D eigenvalue weighted by Gasteiger charge is 2.21. The van der Waals surface area contributed by atoms with E-state index in [0.29, 0.717) is 11.6 Å². The van der Waals surface area contributed by atoms with Crippen molar-refractivity contribution in [3.63, 3.8) is 0 Å². The van der Waals surface area contributed by atoms with Crippen LogP contribution in [0.5, 0.6) is 0 Å². The van der Waals surface area contributed by atoms with E-state index in [0.717, 1.165) is 10.6 Å². The highest BCUT2D eigenvalue weighted by atomic mass is 32.2. The third-order valence-corrected chi connectivity index (χ3v) is 4.26. The monoisotopic (exact) mass is 298 g/mol. The van der Waals surface area contributed by atoms with Gasteiger partial charge in [-0.2, -0.15) is 0 Å². The molecule has 5 nitrogen and oxygen atoms in total. The molecular formula is C14H22N2O3S. The molecule has 6 heteroatoms. The number of rotatable bonds is 6. The third-order valence-electron chi connectivity index (χ3n) is 3.12. The third kappa shape index (κ3) is 4.85. The first-order valence-corrected chi connectivity index (χ1v) is 8.38. The van der Waals surface area contributed by atoms with Gasteiger partial charge in [0.1, 0.15) is 6.54 Å². The van der Waals surface area contributed by atoms with Crippen LogP contribution in [0.3, 0.4) is 0 Å². The van der Waals surface area contributed by atoms with Crippen molar-refractivity contribution in [1.29, 1.82) is 0 Å². The number of para-hydroxylation sites is 1. The zero-order chi connectivity index (χ0) is 15.3. The summed E-state index contributed by atoms with van der Waals surface area (Å²) in [7, 11) is -3.50. The largest absolute Gasteiger partial charge is 0.352 e. The number of hydrogen-bond donors (Lipinski definition) is 1. The topological polar surface area (TPSA) is 66.5 Å². The summed E-state index contributed by atoms with van der Waals surface area (Å²) in [6.07, 6.45) is 1.10. The smallest absolute Gasteiger partial charge is 0.240 e. The first-order chi connectivity index (χ1) is 9.21. The Kier molecular flexibility index (Phi) is 5.56. The normalized spacial score (nSPS) is 13.1. The molecule has 0 aliphatic carbocycles. The lowest BCUT2D eigenvalue weighted by Gasteiger charge is -2.24. The van der Waals surface area contributed by atoms with Crippen LogP contribution in [-0.2, 0) is 14.8 Å². The molecule has 1 N–H and O–H groups in total. The lowest BCUT2D eigenvalue weighted by atomic mass is 10.1. The van der Waals surface area contributed by atoms with Gasteiger partial charge < -0.3 is 5.32 Å². The number of carbonyl (C=O) groups is 1. The molecule has 1 rings (SSSR count). The van der Waals surface area contributed by atoms with Gasteiger partial charge in [0.25, 0.3) is 0 Å². The maximum absolute atomic E-state index is 12.0. The van der Waals surface area contributed by atoms with Crippen LogP contribution in [0.4, 0.5) is 5.69 Å². The van der Waals surface area contributed by atoms with Crippen molar-refractivity contribution in [3.05, 3.63) is 30.3 Å². The highest BCUT2D eigenvalue weighted by Crippen LogP contribution is 2.16. The molecule has 1 amide bonds. The highest BCUT2D eigenvalue weighted by molar-refractivity contribution is 7.92. The lowest BCUT2D eigenvalue weighted by Crippen LogP contribution is -2.44. The Balaban J connectivity index is 2.86. The summed E-state index contributed by atoms with van der Waals surface area (Å²) in [4.78, 5) is 12.0. The summed E-state index contributed by atoms with van der Waals surface area (Å²) in [5.74, 6) is -0.0113. The van der Waals surface area contributed by atoms with E-state index in [4.69, 9.17) is 0 Å². The van der Waals surface area contributed by atoms with Crippen LogP contribution in [0, 0.1) is 5.92 Å². The Bertz CT molecular complexity index is 541. The summed E-state index contributed by atoms with van der Waals surface area (Å²) in [6, 6.07) is 8.61. The van der Waals surface area contributed by atoms with E-state index in [2.05, 4.69) is 5.32 Å². The summed E-state index contributed by atoms with van der Waals surface area (Å²) < 4.78 is 24.8. The second kappa shape index (κ2) is 6.74. The van der Waals surface area contributed by atoms with Crippen molar-refractivity contribution in [2.45, 2.75) is 26.8 Å². The van der Waals surface area contributed by atoms with Crippen LogP contribution in [0.1, 0.15) is 20.8 Å². The van der Waals surface area contributed by atoms with Gasteiger partial charge in [-0.25, -0.2) is 8.42 Å². The number of carbonyl (C=O) groups excluding carboxylic acids is 1. The van der Waals surface area contributed by atoms with Crippen LogP contribution in [0.15, 0.2) is 30.3 Å². The van der Waals surface area contributed by atoms with Crippen molar-refractivity contribution in [1.82, 2.24) is 5.32 Å². The van der Waals surface area contributed by atoms with Crippen LogP contribution in [0.25, 0.3) is 0 Å². The minimum absolute atomic E-state index is 0.000293. The van der Waals surface area contributed by atoms with E-state index in [1.54, 1.807) is 30.3 Å². The van der Waals surface area contributed by atoms with Crippen molar-refractivity contribution >= 4 is 21.6 Å². The number of anilines is 1. The fourth-order valence-electron chi connectivity index (χ4n) is 1.59. The van der Waals surface area contributed by atoms with Gasteiger partial charge in [0, 0.05) is 6.04 Å². The van der Waals surface area contributed by atoms with E-state index in [-0.39, 0.29) is 18.5 Å². The lowest BCUT2D eigenvalue weighted by molar-refractivity contribution is -0.120. The Morgan fingerprint density at radius 3 is 2.20 bits per heavy atom. The Labute approximate surface area is 121 Å². The molecule has 0 saturated heterocycles. The Hall–Kier alpha value is -1.56. The van der Waals surface area contributed by atoms with Gasteiger partial charge in [0.2, 0.25) is 15.9 Å². The van der Waals surface area contributed by atoms with Gasteiger partial charge in [0.15, 0.2) is 0 Å². The van der Waals surface area contributed by atoms with Crippen LogP contribution >= 0.6 is 0 Å². The SMILES string of the molecule is CC(C)[C@H](C)NC(=O)CN(c1ccccc1)S(C)(=O)=O. The number of nitrogens with one attached hydrogen (secondary N) is 1. The second-order valence-corrected chi connectivity index (χ2v) is 7.11. The second-order valence-electron chi connectivity index (χ2n) is 5.21. The minimum Gasteiger partial charge on any atom is -0.352 e. The van der Waals surface area contributed by atoms with Crippen molar-refractivity contribution < 1.29 is 13.2 Å². The van der Waals surface area contributed by atoms with Gasteiger partial charge in [-0.05, 0) is 25.0 Å². The van der Waals surface area contributed by atoms with Gasteiger partial charge in [0.05, 0.1) is 11.9 Å². The molecule has 0 bridgehead atoms. The number of sulfonamides is 1. The van der Waals surface area contributed by atoms with Crippen molar-refractivity contribution in [2.24, 2.45) is 5.92 Å². The minimum atomic E-state index is -3.50. The molecule has 0 aliphatic heterocycles. The molecule has 1 aromatic rings. The first-order valence-electron chi connectivity index (χ1n) is 6.54. The van der Waals surface area contributed by atoms with Crippen LogP contribution in [0.2, 0.25) is 0 Å². The molecule has 0 fully saturated rings. The number of amides is 1. The van der Waals surface area contributed by atoms with Crippen molar-refractivity contribution in [2.75, 3.05) is 17.1 Å². The molecule has 0 heterocycles. The van der Waals surface area contributed by atoms with E-state index in [1.165, 1.54) is 0 Å². The first kappa shape index (κ1) is 16.5. The zero-order valence-corrected chi connectivity index (χ0v) is 13.1. The summed E-state index contributed by atoms with van der Waals surface area (Å²) in [5.41, 5.74) is 0.488. The number of hydrogen-bond acceptors (Lipinski definition) is 3. The average Bonchev–Trinajstić information content (AvgIpc) is 2.35. The van der Waals surface area contributed by atoms with E-state index >= 15 is 0 Å². The van der Waals surface area contributed by atoms with E-state index in [9.17, 15) is 13.2 Å². The van der Waals surface area contributed by atoms with Gasteiger partial charge in [-0.3, -0.25) is 9.10 Å². The molecule has 0 unspecified atom stereocenters. The van der Waals surface area contributed by atoms with Crippen molar-refractivity contribution in [3.8, 4) is 0 Å². The molecule has 0 spiro atoms. The summed E-state index contributed by atoms with van der Waals surface area (Å²) >= 11 is 0. The molecule has 1 aromatic carbocycles. The molecule has 0 aromatic heterocycles. The molecule has 0 aliphatic rings. The standard InChI is InChI=1S/C14H22N2O3S/c1-11(2)12(3)15-14(17)10-16(20(4,18)19)13-8-6-5-7-9-13/h5-9,11-12H,10H2,1-4H3,(H,15,17)/t12-/m0/s1. The predicted molar refractivity (Wildman–Crippen MR) is 81.1 cm³/mol. The van der Waals surface area contributed by atoms with Crippen LogP contribution < -0.4 is 9.62 Å². The molecule has 0 radical (unpaired) electrons. The molecule has 20 heavy (non-hydrogen) atoms. The Morgan fingerprint density at radius 1 is 1.20 bits per heavy atom. The average molecular weight is 298 g/mol. The Morgan fingerprint density at radius 2 is 1.75 bits per heavy atom. The fraction of sp³-hybridized carbons (Fsp3) is 0.500. The quantitative estimate of drug-likeness (QED) is 0.867. The summed E-state index contributed by atoms with van der Waals surface area (Å²) in [6.45, 7) is 5.68. The van der Waals surface area contributed by atoms with E-state index in [1.807, 2.05) is 20.8 Å². The summed E-state index contributed by atoms with van der Waals surface area (Å²) in [5, 5.41) is 2.81. The number of nitrogens with zero attached hydrogens (tertiary/aromatic N) is 1. The maximum Gasteiger partial charge on any atom is 0.240 e. The van der Waals surface area contributed by atoms with Gasteiger partial charge >= 0.3 is 0 Å². The molecular weight excluding hydrogens is 276 g/mol. The van der Waals surface area contributed by atoms with Gasteiger partial charge in [-0.15, -0.1) is 0 Å².